The molecule has 0 spiro atoms. The molecule has 0 unspecified atom stereocenters. The number of aromatic nitrogens is 1. The molecule has 23 heavy (non-hydrogen) atoms. The molecule has 0 radical (unpaired) electrons. The lowest BCUT2D eigenvalue weighted by Crippen LogP contribution is -2.29. The van der Waals surface area contributed by atoms with Crippen molar-refractivity contribution in [1.82, 2.24) is 10.4 Å². The Labute approximate surface area is 143 Å². The van der Waals surface area contributed by atoms with Crippen LogP contribution in [0.25, 0.3) is 10.2 Å². The second-order valence-electron chi connectivity index (χ2n) is 4.92. The molecular formula is C17H17N3OS2. The van der Waals surface area contributed by atoms with Gasteiger partial charge in [-0.25, -0.2) is 4.98 Å². The smallest absolute Gasteiger partial charge is 0.270 e. The van der Waals surface area contributed by atoms with Gasteiger partial charge in [0.15, 0.2) is 0 Å². The van der Waals surface area contributed by atoms with Crippen molar-refractivity contribution in [3.63, 3.8) is 0 Å². The van der Waals surface area contributed by atoms with Gasteiger partial charge in [0.25, 0.3) is 5.91 Å². The Morgan fingerprint density at radius 2 is 2.04 bits per heavy atom. The number of nitrogens with zero attached hydrogens (tertiary/aromatic N) is 1. The van der Waals surface area contributed by atoms with E-state index < -0.39 is 0 Å². The van der Waals surface area contributed by atoms with Crippen molar-refractivity contribution in [1.29, 1.82) is 0 Å². The highest BCUT2D eigenvalue weighted by Crippen LogP contribution is 2.28. The number of benzene rings is 2. The van der Waals surface area contributed by atoms with E-state index in [0.29, 0.717) is 10.7 Å². The van der Waals surface area contributed by atoms with Gasteiger partial charge in [-0.1, -0.05) is 42.5 Å². The highest BCUT2D eigenvalue weighted by Gasteiger charge is 2.11. The number of nitrogens with one attached hydrogen (secondary N) is 2. The first-order valence-electron chi connectivity index (χ1n) is 7.30. The SMILES string of the molecule is CCc1cccc2sc(NNC(=O)c3ccccc3SC)nc12. The predicted molar refractivity (Wildman–Crippen MR) is 98.3 cm³/mol. The van der Waals surface area contributed by atoms with Gasteiger partial charge in [0.2, 0.25) is 5.13 Å². The first-order valence-corrected chi connectivity index (χ1v) is 9.35. The number of anilines is 1. The zero-order valence-electron chi connectivity index (χ0n) is 12.9. The van der Waals surface area contributed by atoms with Gasteiger partial charge >= 0.3 is 0 Å². The molecule has 2 aromatic carbocycles. The van der Waals surface area contributed by atoms with Gasteiger partial charge in [0.1, 0.15) is 0 Å². The molecule has 0 fully saturated rings. The van der Waals surface area contributed by atoms with Gasteiger partial charge in [0.05, 0.1) is 15.8 Å². The highest BCUT2D eigenvalue weighted by atomic mass is 32.2. The minimum absolute atomic E-state index is 0.162. The topological polar surface area (TPSA) is 54.0 Å². The van der Waals surface area contributed by atoms with E-state index in [4.69, 9.17) is 0 Å². The van der Waals surface area contributed by atoms with Gasteiger partial charge < -0.3 is 0 Å². The number of thioether (sulfide) groups is 1. The van der Waals surface area contributed by atoms with Crippen LogP contribution in [-0.4, -0.2) is 17.1 Å². The summed E-state index contributed by atoms with van der Waals surface area (Å²) < 4.78 is 1.12. The Balaban J connectivity index is 1.77. The minimum atomic E-state index is -0.162. The van der Waals surface area contributed by atoms with Crippen molar-refractivity contribution in [3.05, 3.63) is 53.6 Å². The molecule has 1 aromatic heterocycles. The van der Waals surface area contributed by atoms with Crippen molar-refractivity contribution in [2.45, 2.75) is 18.2 Å². The summed E-state index contributed by atoms with van der Waals surface area (Å²) >= 11 is 3.08. The molecule has 2 N–H and O–H groups in total. The molecule has 6 heteroatoms. The van der Waals surface area contributed by atoms with E-state index >= 15 is 0 Å². The largest absolute Gasteiger partial charge is 0.273 e. The predicted octanol–water partition coefficient (Wildman–Crippen LogP) is 4.34. The number of rotatable bonds is 5. The highest BCUT2D eigenvalue weighted by molar-refractivity contribution is 7.98. The average Bonchev–Trinajstić information content (AvgIpc) is 3.02. The average molecular weight is 343 g/mol. The summed E-state index contributed by atoms with van der Waals surface area (Å²) in [4.78, 5) is 17.9. The summed E-state index contributed by atoms with van der Waals surface area (Å²) in [5, 5.41) is 0.691. The van der Waals surface area contributed by atoms with E-state index in [9.17, 15) is 4.79 Å². The maximum Gasteiger partial charge on any atom is 0.270 e. The van der Waals surface area contributed by atoms with Crippen LogP contribution in [0.3, 0.4) is 0 Å². The molecule has 0 aliphatic rings. The van der Waals surface area contributed by atoms with Gasteiger partial charge in [-0.05, 0) is 36.4 Å². The Hall–Kier alpha value is -2.05. The molecular weight excluding hydrogens is 326 g/mol. The molecule has 0 bridgehead atoms. The molecule has 1 amide bonds. The first kappa shape index (κ1) is 15.8. The number of hydrazine groups is 1. The number of carbonyl (C=O) groups excluding carboxylic acids is 1. The number of aryl methyl sites for hydroxylation is 1. The van der Waals surface area contributed by atoms with E-state index in [1.54, 1.807) is 11.8 Å². The first-order chi connectivity index (χ1) is 11.2. The van der Waals surface area contributed by atoms with Crippen molar-refractivity contribution < 1.29 is 4.79 Å². The van der Waals surface area contributed by atoms with Crippen LogP contribution in [0.15, 0.2) is 47.4 Å². The van der Waals surface area contributed by atoms with E-state index in [2.05, 4.69) is 28.8 Å². The number of carbonyl (C=O) groups is 1. The fraction of sp³-hybridized carbons (Fsp3) is 0.176. The summed E-state index contributed by atoms with van der Waals surface area (Å²) in [5.74, 6) is -0.162. The number of hydrogen-bond acceptors (Lipinski definition) is 5. The maximum absolute atomic E-state index is 12.3. The van der Waals surface area contributed by atoms with Crippen molar-refractivity contribution >= 4 is 44.4 Å². The van der Waals surface area contributed by atoms with Crippen LogP contribution < -0.4 is 10.9 Å². The monoisotopic (exact) mass is 343 g/mol. The van der Waals surface area contributed by atoms with Gasteiger partial charge in [-0.15, -0.1) is 11.8 Å². The second kappa shape index (κ2) is 7.02. The van der Waals surface area contributed by atoms with E-state index in [1.807, 2.05) is 42.7 Å². The number of fused-ring (bicyclic) bond motifs is 1. The van der Waals surface area contributed by atoms with Gasteiger partial charge in [-0.2, -0.15) is 0 Å². The Morgan fingerprint density at radius 3 is 2.83 bits per heavy atom. The fourth-order valence-corrected chi connectivity index (χ4v) is 3.82. The minimum Gasteiger partial charge on any atom is -0.273 e. The lowest BCUT2D eigenvalue weighted by molar-refractivity contribution is 0.0960. The van der Waals surface area contributed by atoms with Crippen LogP contribution in [0.4, 0.5) is 5.13 Å². The number of amides is 1. The molecule has 1 heterocycles. The molecule has 0 aliphatic carbocycles. The lowest BCUT2D eigenvalue weighted by atomic mass is 10.1. The van der Waals surface area contributed by atoms with Crippen molar-refractivity contribution in [2.24, 2.45) is 0 Å². The Morgan fingerprint density at radius 1 is 1.22 bits per heavy atom. The van der Waals surface area contributed by atoms with Crippen LogP contribution in [-0.2, 0) is 6.42 Å². The standard InChI is InChI=1S/C17H17N3OS2/c1-3-11-7-6-10-14-15(11)18-17(23-14)20-19-16(21)12-8-4-5-9-13(12)22-2/h4-10H,3H2,1-2H3,(H,18,20)(H,19,21). The third kappa shape index (κ3) is 3.33. The Kier molecular flexibility index (Phi) is 4.83. The van der Waals surface area contributed by atoms with Gasteiger partial charge in [0, 0.05) is 4.90 Å². The van der Waals surface area contributed by atoms with Crippen molar-refractivity contribution in [2.75, 3.05) is 11.7 Å². The maximum atomic E-state index is 12.3. The summed E-state index contributed by atoms with van der Waals surface area (Å²) in [7, 11) is 0. The molecule has 0 atom stereocenters. The molecule has 0 saturated heterocycles. The van der Waals surface area contributed by atoms with Crippen LogP contribution in [0, 0.1) is 0 Å². The number of para-hydroxylation sites is 1. The fourth-order valence-electron chi connectivity index (χ4n) is 2.35. The molecule has 3 aromatic rings. The molecule has 3 rings (SSSR count). The number of thiazole rings is 1. The Bertz CT molecular complexity index is 845. The third-order valence-electron chi connectivity index (χ3n) is 3.52. The summed E-state index contributed by atoms with van der Waals surface area (Å²) in [6.07, 6.45) is 2.90. The third-order valence-corrected chi connectivity index (χ3v) is 5.25. The second-order valence-corrected chi connectivity index (χ2v) is 6.79. The molecule has 4 nitrogen and oxygen atoms in total. The van der Waals surface area contributed by atoms with Crippen LogP contribution in [0.5, 0.6) is 0 Å². The van der Waals surface area contributed by atoms with Crippen molar-refractivity contribution in [3.8, 4) is 0 Å². The summed E-state index contributed by atoms with van der Waals surface area (Å²) in [5.41, 5.74) is 8.54. The lowest BCUT2D eigenvalue weighted by Gasteiger charge is -2.08. The summed E-state index contributed by atoms with van der Waals surface area (Å²) in [6, 6.07) is 13.7. The molecule has 118 valence electrons. The summed E-state index contributed by atoms with van der Waals surface area (Å²) in [6.45, 7) is 2.11. The van der Waals surface area contributed by atoms with E-state index in [1.165, 1.54) is 16.9 Å². The zero-order valence-corrected chi connectivity index (χ0v) is 14.6. The zero-order chi connectivity index (χ0) is 16.2. The molecule has 0 aliphatic heterocycles. The normalized spacial score (nSPS) is 10.7. The van der Waals surface area contributed by atoms with E-state index in [-0.39, 0.29) is 5.91 Å². The molecule has 0 saturated carbocycles. The number of hydrogen-bond donors (Lipinski definition) is 2. The van der Waals surface area contributed by atoms with Crippen LogP contribution in [0.1, 0.15) is 22.8 Å². The quantitative estimate of drug-likeness (QED) is 0.534. The van der Waals surface area contributed by atoms with E-state index in [0.717, 1.165) is 21.5 Å². The van der Waals surface area contributed by atoms with Crippen LogP contribution >= 0.6 is 23.1 Å². The van der Waals surface area contributed by atoms with Gasteiger partial charge in [-0.3, -0.25) is 15.6 Å². The van der Waals surface area contributed by atoms with Crippen LogP contribution in [0.2, 0.25) is 0 Å².